The van der Waals surface area contributed by atoms with Gasteiger partial charge in [-0.25, -0.2) is 0 Å². The molecule has 0 spiro atoms. The normalized spacial score (nSPS) is 15.3. The highest BCUT2D eigenvalue weighted by Gasteiger charge is 2.25. The summed E-state index contributed by atoms with van der Waals surface area (Å²) < 4.78 is 11.4. The molecular formula is C15H12O2. The maximum atomic E-state index is 5.77. The molecule has 1 heterocycles. The fraction of sp³-hybridized carbons (Fsp3) is 0.200. The fourth-order valence-electron chi connectivity index (χ4n) is 2.73. The third-order valence-corrected chi connectivity index (χ3v) is 3.49. The topological polar surface area (TPSA) is 18.5 Å². The van der Waals surface area contributed by atoms with Crippen LogP contribution in [-0.2, 0) is 6.42 Å². The Kier molecular flexibility index (Phi) is 1.75. The average molecular weight is 224 g/mol. The Hall–Kier alpha value is -1.96. The highest BCUT2D eigenvalue weighted by atomic mass is 16.6. The highest BCUT2D eigenvalue weighted by Crippen LogP contribution is 2.46. The van der Waals surface area contributed by atoms with Crippen molar-refractivity contribution < 1.29 is 9.47 Å². The Bertz CT molecular complexity index is 602. The van der Waals surface area contributed by atoms with Crippen LogP contribution in [0.15, 0.2) is 36.4 Å². The van der Waals surface area contributed by atoms with Crippen molar-refractivity contribution in [3.8, 4) is 22.6 Å². The molecule has 0 bridgehead atoms. The Morgan fingerprint density at radius 2 is 1.71 bits per heavy atom. The first-order valence-corrected chi connectivity index (χ1v) is 5.93. The van der Waals surface area contributed by atoms with Crippen molar-refractivity contribution in [2.75, 3.05) is 13.2 Å². The first kappa shape index (κ1) is 9.11. The Balaban J connectivity index is 1.96. The van der Waals surface area contributed by atoms with Crippen LogP contribution in [0.1, 0.15) is 11.1 Å². The molecule has 1 aliphatic carbocycles. The molecule has 0 N–H and O–H groups in total. The maximum Gasteiger partial charge on any atom is 0.165 e. The molecule has 0 unspecified atom stereocenters. The van der Waals surface area contributed by atoms with Gasteiger partial charge in [0.2, 0.25) is 0 Å². The van der Waals surface area contributed by atoms with Crippen LogP contribution in [0.5, 0.6) is 11.5 Å². The summed E-state index contributed by atoms with van der Waals surface area (Å²) in [5.74, 6) is 1.84. The van der Waals surface area contributed by atoms with Crippen LogP contribution in [0.4, 0.5) is 0 Å². The second kappa shape index (κ2) is 3.27. The summed E-state index contributed by atoms with van der Waals surface area (Å²) in [7, 11) is 0. The molecule has 2 aromatic carbocycles. The smallest absolute Gasteiger partial charge is 0.165 e. The van der Waals surface area contributed by atoms with Crippen molar-refractivity contribution in [3.05, 3.63) is 47.5 Å². The van der Waals surface area contributed by atoms with Gasteiger partial charge in [0.25, 0.3) is 0 Å². The van der Waals surface area contributed by atoms with Gasteiger partial charge in [0, 0.05) is 12.0 Å². The number of fused-ring (bicyclic) bond motifs is 5. The van der Waals surface area contributed by atoms with Crippen molar-refractivity contribution in [3.63, 3.8) is 0 Å². The number of ether oxygens (including phenoxy) is 2. The van der Waals surface area contributed by atoms with E-state index >= 15 is 0 Å². The molecule has 0 aromatic heterocycles. The molecule has 0 atom stereocenters. The lowest BCUT2D eigenvalue weighted by molar-refractivity contribution is 0.170. The molecular weight excluding hydrogens is 212 g/mol. The summed E-state index contributed by atoms with van der Waals surface area (Å²) in [5.41, 5.74) is 5.29. The quantitative estimate of drug-likeness (QED) is 0.584. The van der Waals surface area contributed by atoms with E-state index < -0.39 is 0 Å². The number of hydrogen-bond donors (Lipinski definition) is 0. The average Bonchev–Trinajstić information content (AvgIpc) is 2.78. The zero-order valence-corrected chi connectivity index (χ0v) is 9.40. The van der Waals surface area contributed by atoms with Crippen molar-refractivity contribution >= 4 is 0 Å². The minimum atomic E-state index is 0.652. The third-order valence-electron chi connectivity index (χ3n) is 3.49. The maximum absolute atomic E-state index is 5.77. The van der Waals surface area contributed by atoms with Gasteiger partial charge >= 0.3 is 0 Å². The van der Waals surface area contributed by atoms with Crippen LogP contribution >= 0.6 is 0 Å². The van der Waals surface area contributed by atoms with Gasteiger partial charge in [0.05, 0.1) is 0 Å². The van der Waals surface area contributed by atoms with Crippen LogP contribution in [0, 0.1) is 0 Å². The summed E-state index contributed by atoms with van der Waals surface area (Å²) >= 11 is 0. The molecule has 0 saturated carbocycles. The molecule has 1 aliphatic heterocycles. The first-order valence-electron chi connectivity index (χ1n) is 5.93. The molecule has 2 heteroatoms. The van der Waals surface area contributed by atoms with E-state index in [2.05, 4.69) is 30.3 Å². The van der Waals surface area contributed by atoms with Crippen molar-refractivity contribution in [1.82, 2.24) is 0 Å². The molecule has 17 heavy (non-hydrogen) atoms. The molecule has 4 rings (SSSR count). The lowest BCUT2D eigenvalue weighted by atomic mass is 10.0. The highest BCUT2D eigenvalue weighted by molar-refractivity contribution is 5.80. The summed E-state index contributed by atoms with van der Waals surface area (Å²) in [6.07, 6.45) is 0.956. The van der Waals surface area contributed by atoms with Crippen LogP contribution in [-0.4, -0.2) is 13.2 Å². The fourth-order valence-corrected chi connectivity index (χ4v) is 2.73. The van der Waals surface area contributed by atoms with Gasteiger partial charge in [0.15, 0.2) is 11.5 Å². The summed E-state index contributed by atoms with van der Waals surface area (Å²) in [4.78, 5) is 0. The van der Waals surface area contributed by atoms with E-state index in [1.54, 1.807) is 0 Å². The van der Waals surface area contributed by atoms with Gasteiger partial charge in [-0.2, -0.15) is 0 Å². The second-order valence-electron chi connectivity index (χ2n) is 4.45. The monoisotopic (exact) mass is 224 g/mol. The Morgan fingerprint density at radius 3 is 2.71 bits per heavy atom. The summed E-state index contributed by atoms with van der Waals surface area (Å²) in [6, 6.07) is 12.7. The molecule has 2 aliphatic rings. The summed E-state index contributed by atoms with van der Waals surface area (Å²) in [5, 5.41) is 0. The third kappa shape index (κ3) is 1.21. The van der Waals surface area contributed by atoms with Gasteiger partial charge < -0.3 is 9.47 Å². The predicted molar refractivity (Wildman–Crippen MR) is 65.7 cm³/mol. The van der Waals surface area contributed by atoms with Gasteiger partial charge in [-0.15, -0.1) is 0 Å². The van der Waals surface area contributed by atoms with Crippen LogP contribution in [0.2, 0.25) is 0 Å². The summed E-state index contributed by atoms with van der Waals surface area (Å²) in [6.45, 7) is 1.30. The zero-order valence-electron chi connectivity index (χ0n) is 9.40. The predicted octanol–water partition coefficient (Wildman–Crippen LogP) is 3.03. The molecule has 0 radical (unpaired) electrons. The first-order chi connectivity index (χ1) is 8.43. The minimum Gasteiger partial charge on any atom is -0.486 e. The van der Waals surface area contributed by atoms with Gasteiger partial charge in [0.1, 0.15) is 13.2 Å². The zero-order chi connectivity index (χ0) is 11.2. The molecule has 0 fully saturated rings. The van der Waals surface area contributed by atoms with Crippen LogP contribution in [0.25, 0.3) is 11.1 Å². The van der Waals surface area contributed by atoms with E-state index in [1.807, 2.05) is 6.07 Å². The van der Waals surface area contributed by atoms with E-state index in [0.717, 1.165) is 17.9 Å². The van der Waals surface area contributed by atoms with E-state index in [9.17, 15) is 0 Å². The standard InChI is InChI=1S/C15H12O2/c1-2-4-11-10(3-1)9-13-12(11)5-6-14-15(13)17-8-7-16-14/h1-6H,7-9H2. The van der Waals surface area contributed by atoms with Crippen molar-refractivity contribution in [1.29, 1.82) is 0 Å². The molecule has 2 aromatic rings. The largest absolute Gasteiger partial charge is 0.486 e. The van der Waals surface area contributed by atoms with E-state index in [-0.39, 0.29) is 0 Å². The van der Waals surface area contributed by atoms with Gasteiger partial charge in [-0.05, 0) is 22.8 Å². The molecule has 0 amide bonds. The van der Waals surface area contributed by atoms with Gasteiger partial charge in [-0.3, -0.25) is 0 Å². The second-order valence-corrected chi connectivity index (χ2v) is 4.45. The number of hydrogen-bond acceptors (Lipinski definition) is 2. The molecule has 84 valence electrons. The Labute approximate surface area is 99.8 Å². The SMILES string of the molecule is c1ccc2c(c1)Cc1c-2ccc2c1OCCO2. The van der Waals surface area contributed by atoms with E-state index in [0.29, 0.717) is 13.2 Å². The van der Waals surface area contributed by atoms with Crippen molar-refractivity contribution in [2.45, 2.75) is 6.42 Å². The molecule has 0 saturated heterocycles. The minimum absolute atomic E-state index is 0.652. The van der Waals surface area contributed by atoms with Gasteiger partial charge in [-0.1, -0.05) is 30.3 Å². The van der Waals surface area contributed by atoms with E-state index in [4.69, 9.17) is 9.47 Å². The van der Waals surface area contributed by atoms with Crippen molar-refractivity contribution in [2.24, 2.45) is 0 Å². The lowest BCUT2D eigenvalue weighted by Gasteiger charge is -2.20. The number of benzene rings is 2. The van der Waals surface area contributed by atoms with Crippen LogP contribution < -0.4 is 9.47 Å². The molecule has 2 nitrogen and oxygen atoms in total. The number of rotatable bonds is 0. The Morgan fingerprint density at radius 1 is 0.824 bits per heavy atom. The van der Waals surface area contributed by atoms with E-state index in [1.165, 1.54) is 22.3 Å². The van der Waals surface area contributed by atoms with Crippen LogP contribution in [0.3, 0.4) is 0 Å². The lowest BCUT2D eigenvalue weighted by Crippen LogP contribution is -2.16.